The number of aromatic amines is 1. The first-order valence-corrected chi connectivity index (χ1v) is 7.89. The van der Waals surface area contributed by atoms with E-state index in [2.05, 4.69) is 15.3 Å². The molecule has 2 heterocycles. The van der Waals surface area contributed by atoms with Gasteiger partial charge in [-0.15, -0.1) is 0 Å². The van der Waals surface area contributed by atoms with Gasteiger partial charge in [-0.2, -0.15) is 0 Å². The zero-order valence-corrected chi connectivity index (χ0v) is 13.5. The Morgan fingerprint density at radius 2 is 2.04 bits per heavy atom. The highest BCUT2D eigenvalue weighted by atomic mass is 19.1. The number of nitrogens with zero attached hydrogens (tertiary/aromatic N) is 1. The Morgan fingerprint density at radius 3 is 2.81 bits per heavy atom. The molecule has 4 rings (SSSR count). The highest BCUT2D eigenvalue weighted by Crippen LogP contribution is 2.23. The summed E-state index contributed by atoms with van der Waals surface area (Å²) in [6.45, 7) is -0.176. The summed E-state index contributed by atoms with van der Waals surface area (Å²) in [6.07, 6.45) is 1.58. The van der Waals surface area contributed by atoms with Gasteiger partial charge >= 0.3 is 0 Å². The summed E-state index contributed by atoms with van der Waals surface area (Å²) in [5, 5.41) is 2.75. The Morgan fingerprint density at radius 1 is 1.19 bits per heavy atom. The standard InChI is InChI=1S/C19H14FN3O3/c20-12-3-6-14(7-4-12)26-11-18(24)21-13-5-8-15-16(10-13)23-19(22-15)17-2-1-9-25-17/h1-10H,11H2,(H,21,24)(H,22,23). The lowest BCUT2D eigenvalue weighted by atomic mass is 10.3. The Bertz CT molecular complexity index is 1040. The number of H-pyrrole nitrogens is 1. The molecular formula is C19H14FN3O3. The molecule has 2 N–H and O–H groups in total. The Hall–Kier alpha value is -3.61. The van der Waals surface area contributed by atoms with Crippen molar-refractivity contribution in [2.24, 2.45) is 0 Å². The van der Waals surface area contributed by atoms with Crippen molar-refractivity contribution in [3.63, 3.8) is 0 Å². The fourth-order valence-electron chi connectivity index (χ4n) is 2.49. The first kappa shape index (κ1) is 15.9. The third-order valence-electron chi connectivity index (χ3n) is 3.70. The van der Waals surface area contributed by atoms with E-state index in [1.807, 2.05) is 6.07 Å². The maximum Gasteiger partial charge on any atom is 0.262 e. The molecule has 1 amide bonds. The molecule has 7 heteroatoms. The number of anilines is 1. The summed E-state index contributed by atoms with van der Waals surface area (Å²) in [5.41, 5.74) is 2.14. The second-order valence-electron chi connectivity index (χ2n) is 5.59. The van der Waals surface area contributed by atoms with Gasteiger partial charge in [0, 0.05) is 5.69 Å². The normalized spacial score (nSPS) is 10.8. The minimum atomic E-state index is -0.358. The van der Waals surface area contributed by atoms with Gasteiger partial charge in [-0.25, -0.2) is 9.37 Å². The fraction of sp³-hybridized carbons (Fsp3) is 0.0526. The fourth-order valence-corrected chi connectivity index (χ4v) is 2.49. The topological polar surface area (TPSA) is 80.2 Å². The predicted octanol–water partition coefficient (Wildman–Crippen LogP) is 3.98. The van der Waals surface area contributed by atoms with Crippen molar-refractivity contribution in [3.8, 4) is 17.3 Å². The van der Waals surface area contributed by atoms with E-state index in [9.17, 15) is 9.18 Å². The van der Waals surface area contributed by atoms with E-state index < -0.39 is 0 Å². The third kappa shape index (κ3) is 3.41. The van der Waals surface area contributed by atoms with Gasteiger partial charge in [0.1, 0.15) is 11.6 Å². The van der Waals surface area contributed by atoms with Crippen molar-refractivity contribution < 1.29 is 18.3 Å². The van der Waals surface area contributed by atoms with Crippen LogP contribution in [0.4, 0.5) is 10.1 Å². The number of rotatable bonds is 5. The van der Waals surface area contributed by atoms with Crippen LogP contribution in [0.25, 0.3) is 22.6 Å². The zero-order valence-electron chi connectivity index (χ0n) is 13.5. The van der Waals surface area contributed by atoms with Crippen molar-refractivity contribution in [2.75, 3.05) is 11.9 Å². The van der Waals surface area contributed by atoms with Crippen LogP contribution in [0.1, 0.15) is 0 Å². The van der Waals surface area contributed by atoms with Crippen molar-refractivity contribution >= 4 is 22.6 Å². The molecule has 0 saturated carbocycles. The molecule has 2 aromatic carbocycles. The summed E-state index contributed by atoms with van der Waals surface area (Å²) in [4.78, 5) is 19.6. The lowest BCUT2D eigenvalue weighted by Gasteiger charge is -2.07. The number of ether oxygens (including phenoxy) is 1. The number of nitrogens with one attached hydrogen (secondary N) is 2. The van der Waals surface area contributed by atoms with Gasteiger partial charge in [-0.3, -0.25) is 4.79 Å². The van der Waals surface area contributed by atoms with Crippen LogP contribution in [-0.4, -0.2) is 22.5 Å². The van der Waals surface area contributed by atoms with E-state index in [4.69, 9.17) is 9.15 Å². The smallest absolute Gasteiger partial charge is 0.262 e. The highest BCUT2D eigenvalue weighted by molar-refractivity contribution is 5.94. The van der Waals surface area contributed by atoms with Crippen molar-refractivity contribution in [2.45, 2.75) is 0 Å². The minimum absolute atomic E-state index is 0.176. The summed E-state index contributed by atoms with van der Waals surface area (Å²) in [7, 11) is 0. The lowest BCUT2D eigenvalue weighted by Crippen LogP contribution is -2.20. The number of carbonyl (C=O) groups excluding carboxylic acids is 1. The minimum Gasteiger partial charge on any atom is -0.484 e. The molecule has 0 atom stereocenters. The lowest BCUT2D eigenvalue weighted by molar-refractivity contribution is -0.118. The van der Waals surface area contributed by atoms with E-state index in [1.54, 1.807) is 30.5 Å². The largest absolute Gasteiger partial charge is 0.484 e. The van der Waals surface area contributed by atoms with E-state index in [0.29, 0.717) is 23.0 Å². The molecule has 0 aliphatic rings. The second-order valence-corrected chi connectivity index (χ2v) is 5.59. The van der Waals surface area contributed by atoms with E-state index >= 15 is 0 Å². The Labute approximate surface area is 147 Å². The van der Waals surface area contributed by atoms with Crippen LogP contribution >= 0.6 is 0 Å². The number of amides is 1. The van der Waals surface area contributed by atoms with Gasteiger partial charge in [0.2, 0.25) is 0 Å². The molecule has 0 unspecified atom stereocenters. The summed E-state index contributed by atoms with van der Waals surface area (Å²) in [6, 6.07) is 14.4. The molecule has 0 saturated heterocycles. The zero-order chi connectivity index (χ0) is 17.9. The molecule has 0 bridgehead atoms. The number of imidazole rings is 1. The molecule has 0 spiro atoms. The maximum atomic E-state index is 12.8. The molecule has 6 nitrogen and oxygen atoms in total. The van der Waals surface area contributed by atoms with Gasteiger partial charge in [0.05, 0.1) is 17.3 Å². The van der Waals surface area contributed by atoms with Crippen LogP contribution in [0, 0.1) is 5.82 Å². The number of carbonyl (C=O) groups is 1. The van der Waals surface area contributed by atoms with Gasteiger partial charge in [0.25, 0.3) is 5.91 Å². The number of hydrogen-bond acceptors (Lipinski definition) is 4. The second kappa shape index (κ2) is 6.72. The summed E-state index contributed by atoms with van der Waals surface area (Å²) in [5.74, 6) is 1.00. The van der Waals surface area contributed by atoms with Crippen LogP contribution < -0.4 is 10.1 Å². The molecule has 130 valence electrons. The van der Waals surface area contributed by atoms with Crippen molar-refractivity contribution in [1.29, 1.82) is 0 Å². The van der Waals surface area contributed by atoms with E-state index in [-0.39, 0.29) is 18.3 Å². The van der Waals surface area contributed by atoms with Crippen LogP contribution in [0.15, 0.2) is 65.3 Å². The third-order valence-corrected chi connectivity index (χ3v) is 3.70. The van der Waals surface area contributed by atoms with Crippen LogP contribution in [0.2, 0.25) is 0 Å². The average molecular weight is 351 g/mol. The van der Waals surface area contributed by atoms with Gasteiger partial charge in [-0.1, -0.05) is 0 Å². The monoisotopic (exact) mass is 351 g/mol. The predicted molar refractivity (Wildman–Crippen MR) is 94.3 cm³/mol. The van der Waals surface area contributed by atoms with Crippen molar-refractivity contribution in [3.05, 3.63) is 66.7 Å². The number of aromatic nitrogens is 2. The number of furan rings is 1. The Balaban J connectivity index is 1.43. The number of hydrogen-bond donors (Lipinski definition) is 2. The molecule has 0 radical (unpaired) electrons. The molecule has 4 aromatic rings. The summed E-state index contributed by atoms with van der Waals surface area (Å²) >= 11 is 0. The first-order valence-electron chi connectivity index (χ1n) is 7.89. The molecule has 0 aliphatic carbocycles. The molecule has 26 heavy (non-hydrogen) atoms. The Kier molecular flexibility index (Phi) is 4.10. The molecule has 0 fully saturated rings. The average Bonchev–Trinajstić information content (AvgIpc) is 3.30. The number of halogens is 1. The first-order chi connectivity index (χ1) is 12.7. The molecular weight excluding hydrogens is 337 g/mol. The molecule has 0 aliphatic heterocycles. The van der Waals surface area contributed by atoms with Gasteiger partial charge in [-0.05, 0) is 54.6 Å². The van der Waals surface area contributed by atoms with E-state index in [1.165, 1.54) is 24.3 Å². The SMILES string of the molecule is O=C(COc1ccc(F)cc1)Nc1ccc2nc(-c3ccco3)[nH]c2c1. The number of fused-ring (bicyclic) bond motifs is 1. The van der Waals surface area contributed by atoms with Crippen molar-refractivity contribution in [1.82, 2.24) is 9.97 Å². The summed E-state index contributed by atoms with van der Waals surface area (Å²) < 4.78 is 23.5. The van der Waals surface area contributed by atoms with E-state index in [0.717, 1.165) is 11.0 Å². The molecule has 2 aromatic heterocycles. The number of benzene rings is 2. The highest BCUT2D eigenvalue weighted by Gasteiger charge is 2.09. The maximum absolute atomic E-state index is 12.8. The van der Waals surface area contributed by atoms with Gasteiger partial charge < -0.3 is 19.5 Å². The quantitative estimate of drug-likeness (QED) is 0.570. The van der Waals surface area contributed by atoms with Crippen LogP contribution in [0.5, 0.6) is 5.75 Å². The van der Waals surface area contributed by atoms with Crippen LogP contribution in [-0.2, 0) is 4.79 Å². The van der Waals surface area contributed by atoms with Gasteiger partial charge in [0.15, 0.2) is 18.2 Å². The van der Waals surface area contributed by atoms with Crippen LogP contribution in [0.3, 0.4) is 0 Å².